The summed E-state index contributed by atoms with van der Waals surface area (Å²) in [6, 6.07) is 0. The molecule has 0 heterocycles. The zero-order valence-corrected chi connectivity index (χ0v) is 13.2. The molecule has 0 aromatic heterocycles. The number of hydrogen-bond acceptors (Lipinski definition) is 0. The molecule has 0 bridgehead atoms. The van der Waals surface area contributed by atoms with E-state index in [1.54, 1.807) is 0 Å². The van der Waals surface area contributed by atoms with Crippen molar-refractivity contribution in [2.45, 2.75) is 47.5 Å². The first kappa shape index (κ1) is 17.4. The van der Waals surface area contributed by atoms with Gasteiger partial charge in [0.05, 0.1) is 0 Å². The maximum Gasteiger partial charge on any atom is -0.0285 e. The van der Waals surface area contributed by atoms with Crippen molar-refractivity contribution in [1.82, 2.24) is 0 Å². The van der Waals surface area contributed by atoms with Crippen molar-refractivity contribution in [2.75, 3.05) is 0 Å². The van der Waals surface area contributed by atoms with E-state index in [9.17, 15) is 0 Å². The Bertz CT molecular complexity index is 419. The molecule has 0 saturated heterocycles. The quantitative estimate of drug-likeness (QED) is 0.369. The second kappa shape index (κ2) is 10.4. The highest BCUT2D eigenvalue weighted by atomic mass is 13.9. The van der Waals surface area contributed by atoms with Crippen molar-refractivity contribution in [3.63, 3.8) is 0 Å². The van der Waals surface area contributed by atoms with Gasteiger partial charge in [0.2, 0.25) is 0 Å². The third-order valence-electron chi connectivity index (χ3n) is 2.57. The molecule has 0 aromatic carbocycles. The first-order valence-corrected chi connectivity index (χ1v) is 6.89. The molecule has 0 aliphatic carbocycles. The number of hydrogen-bond donors (Lipinski definition) is 0. The van der Waals surface area contributed by atoms with Gasteiger partial charge in [-0.05, 0) is 47.5 Å². The Morgan fingerprint density at radius 2 is 1.53 bits per heavy atom. The molecule has 0 atom stereocenters. The standard InChI is InChI=1S/C19H28/c1-16(2)10-7-12-18(5)14-9-15-19(6)13-8-11-17(3)4/h7,9-12,14-15H,1,8,13H2,2-6H3. The minimum Gasteiger partial charge on any atom is -0.0961 e. The van der Waals surface area contributed by atoms with Crippen LogP contribution in [0.1, 0.15) is 47.5 Å². The second-order valence-electron chi connectivity index (χ2n) is 5.31. The predicted molar refractivity (Wildman–Crippen MR) is 89.3 cm³/mol. The highest BCUT2D eigenvalue weighted by Gasteiger charge is 1.87. The molecule has 0 heteroatoms. The third-order valence-corrected chi connectivity index (χ3v) is 2.57. The van der Waals surface area contributed by atoms with E-state index in [1.807, 2.05) is 19.1 Å². The predicted octanol–water partition coefficient (Wildman–Crippen LogP) is 6.31. The van der Waals surface area contributed by atoms with E-state index < -0.39 is 0 Å². The van der Waals surface area contributed by atoms with Crippen molar-refractivity contribution in [2.24, 2.45) is 0 Å². The van der Waals surface area contributed by atoms with Crippen LogP contribution in [-0.2, 0) is 0 Å². The Morgan fingerprint density at radius 3 is 2.11 bits per heavy atom. The van der Waals surface area contributed by atoms with Crippen LogP contribution in [0, 0.1) is 0 Å². The molecule has 0 N–H and O–H groups in total. The van der Waals surface area contributed by atoms with Gasteiger partial charge in [-0.1, -0.05) is 71.4 Å². The fourth-order valence-electron chi connectivity index (χ4n) is 1.46. The van der Waals surface area contributed by atoms with Crippen molar-refractivity contribution in [3.8, 4) is 0 Å². The van der Waals surface area contributed by atoms with Gasteiger partial charge < -0.3 is 0 Å². The Labute approximate surface area is 119 Å². The van der Waals surface area contributed by atoms with Crippen LogP contribution in [0.2, 0.25) is 0 Å². The minimum absolute atomic E-state index is 1.07. The molecule has 0 aliphatic heterocycles. The zero-order chi connectivity index (χ0) is 14.7. The van der Waals surface area contributed by atoms with E-state index in [-0.39, 0.29) is 0 Å². The van der Waals surface area contributed by atoms with Gasteiger partial charge in [-0.15, -0.1) is 0 Å². The first-order valence-electron chi connectivity index (χ1n) is 6.89. The lowest BCUT2D eigenvalue weighted by Gasteiger charge is -1.96. The van der Waals surface area contributed by atoms with E-state index in [1.165, 1.54) is 16.7 Å². The highest BCUT2D eigenvalue weighted by Crippen LogP contribution is 2.07. The third kappa shape index (κ3) is 12.7. The first-order chi connectivity index (χ1) is 8.91. The summed E-state index contributed by atoms with van der Waals surface area (Å²) in [5, 5.41) is 0. The van der Waals surface area contributed by atoms with E-state index >= 15 is 0 Å². The van der Waals surface area contributed by atoms with Crippen LogP contribution in [0.25, 0.3) is 0 Å². The maximum absolute atomic E-state index is 3.83. The van der Waals surface area contributed by atoms with E-state index in [4.69, 9.17) is 0 Å². The fraction of sp³-hybridized carbons (Fsp3) is 0.368. The Balaban J connectivity index is 4.25. The molecule has 0 saturated carbocycles. The summed E-state index contributed by atoms with van der Waals surface area (Å²) in [4.78, 5) is 0. The Hall–Kier alpha value is -1.56. The van der Waals surface area contributed by atoms with Gasteiger partial charge in [-0.3, -0.25) is 0 Å². The fourth-order valence-corrected chi connectivity index (χ4v) is 1.46. The summed E-state index contributed by atoms with van der Waals surface area (Å²) in [6.07, 6.45) is 17.1. The zero-order valence-electron chi connectivity index (χ0n) is 13.2. The molecule has 0 aliphatic rings. The highest BCUT2D eigenvalue weighted by molar-refractivity contribution is 5.27. The van der Waals surface area contributed by atoms with Crippen LogP contribution < -0.4 is 0 Å². The van der Waals surface area contributed by atoms with Gasteiger partial charge in [0.25, 0.3) is 0 Å². The van der Waals surface area contributed by atoms with Gasteiger partial charge in [0.1, 0.15) is 0 Å². The van der Waals surface area contributed by atoms with Crippen LogP contribution in [0.5, 0.6) is 0 Å². The molecular formula is C19H28. The van der Waals surface area contributed by atoms with E-state index in [0.717, 1.165) is 18.4 Å². The largest absolute Gasteiger partial charge is 0.0961 e. The van der Waals surface area contributed by atoms with Crippen molar-refractivity contribution < 1.29 is 0 Å². The summed E-state index contributed by atoms with van der Waals surface area (Å²) in [5.41, 5.74) is 5.12. The molecule has 0 rings (SSSR count). The van der Waals surface area contributed by atoms with Crippen molar-refractivity contribution >= 4 is 0 Å². The topological polar surface area (TPSA) is 0 Å². The molecule has 0 fully saturated rings. The lowest BCUT2D eigenvalue weighted by Crippen LogP contribution is -1.76. The van der Waals surface area contributed by atoms with Crippen LogP contribution in [0.3, 0.4) is 0 Å². The molecule has 0 unspecified atom stereocenters. The average Bonchev–Trinajstić information content (AvgIpc) is 2.27. The summed E-state index contributed by atoms with van der Waals surface area (Å²) in [7, 11) is 0. The summed E-state index contributed by atoms with van der Waals surface area (Å²) in [6.45, 7) is 14.4. The van der Waals surface area contributed by atoms with Crippen molar-refractivity contribution in [1.29, 1.82) is 0 Å². The SMILES string of the molecule is C=C(C)C=CC=C(C)C=CC=C(C)CCC=C(C)C. The lowest BCUT2D eigenvalue weighted by molar-refractivity contribution is 0.967. The average molecular weight is 256 g/mol. The maximum atomic E-state index is 3.83. The van der Waals surface area contributed by atoms with E-state index in [0.29, 0.717) is 0 Å². The number of allylic oxidation sites excluding steroid dienone is 11. The monoisotopic (exact) mass is 256 g/mol. The van der Waals surface area contributed by atoms with Crippen LogP contribution in [0.15, 0.2) is 71.4 Å². The van der Waals surface area contributed by atoms with Gasteiger partial charge in [-0.2, -0.15) is 0 Å². The van der Waals surface area contributed by atoms with Gasteiger partial charge >= 0.3 is 0 Å². The molecule has 0 aromatic rings. The van der Waals surface area contributed by atoms with Crippen LogP contribution in [0.4, 0.5) is 0 Å². The molecule has 0 radical (unpaired) electrons. The molecular weight excluding hydrogens is 228 g/mol. The van der Waals surface area contributed by atoms with Gasteiger partial charge in [0.15, 0.2) is 0 Å². The molecule has 104 valence electrons. The van der Waals surface area contributed by atoms with Crippen molar-refractivity contribution in [3.05, 3.63) is 71.4 Å². The second-order valence-corrected chi connectivity index (χ2v) is 5.31. The van der Waals surface area contributed by atoms with Crippen LogP contribution in [-0.4, -0.2) is 0 Å². The Morgan fingerprint density at radius 1 is 0.895 bits per heavy atom. The normalized spacial score (nSPS) is 13.3. The Kier molecular flexibility index (Phi) is 9.52. The lowest BCUT2D eigenvalue weighted by atomic mass is 10.1. The van der Waals surface area contributed by atoms with Gasteiger partial charge in [-0.25, -0.2) is 0 Å². The van der Waals surface area contributed by atoms with E-state index in [2.05, 4.69) is 64.7 Å². The summed E-state index contributed by atoms with van der Waals surface area (Å²) < 4.78 is 0. The molecule has 0 amide bonds. The molecule has 0 spiro atoms. The molecule has 19 heavy (non-hydrogen) atoms. The summed E-state index contributed by atoms with van der Waals surface area (Å²) >= 11 is 0. The van der Waals surface area contributed by atoms with Crippen LogP contribution >= 0.6 is 0 Å². The molecule has 0 nitrogen and oxygen atoms in total. The summed E-state index contributed by atoms with van der Waals surface area (Å²) in [5.74, 6) is 0. The van der Waals surface area contributed by atoms with Gasteiger partial charge in [0, 0.05) is 0 Å². The number of rotatable bonds is 7. The smallest absolute Gasteiger partial charge is 0.0285 e. The minimum atomic E-state index is 1.07.